The van der Waals surface area contributed by atoms with Crippen LogP contribution in [0.4, 0.5) is 0 Å². The van der Waals surface area contributed by atoms with Crippen LogP contribution in [0.25, 0.3) is 0 Å². The van der Waals surface area contributed by atoms with Gasteiger partial charge >= 0.3 is 5.97 Å². The average Bonchev–Trinajstić information content (AvgIpc) is 2.77. The van der Waals surface area contributed by atoms with Gasteiger partial charge in [0.1, 0.15) is 11.4 Å². The van der Waals surface area contributed by atoms with Gasteiger partial charge in [-0.2, -0.15) is 0 Å². The maximum Gasteiger partial charge on any atom is 0.343 e. The first kappa shape index (κ1) is 12.8. The number of carbonyl (C=O) groups is 1. The number of hydrogen-bond donors (Lipinski definition) is 2. The van der Waals surface area contributed by atoms with E-state index in [1.165, 1.54) is 6.92 Å². The van der Waals surface area contributed by atoms with Gasteiger partial charge < -0.3 is 14.8 Å². The van der Waals surface area contributed by atoms with Gasteiger partial charge in [-0.3, -0.25) is 4.79 Å². The van der Waals surface area contributed by atoms with Crippen LogP contribution in [0.2, 0.25) is 0 Å². The third kappa shape index (κ3) is 2.76. The van der Waals surface area contributed by atoms with Crippen LogP contribution in [-0.2, 0) is 11.2 Å². The first-order valence-electron chi connectivity index (χ1n) is 6.02. The van der Waals surface area contributed by atoms with E-state index in [1.807, 2.05) is 0 Å². The highest BCUT2D eigenvalue weighted by molar-refractivity contribution is 5.88. The molecule has 1 aromatic heterocycles. The predicted molar refractivity (Wildman–Crippen MR) is 63.8 cm³/mol. The number of nitrogens with zero attached hydrogens (tertiary/aromatic N) is 1. The van der Waals surface area contributed by atoms with Crippen LogP contribution in [0.15, 0.2) is 4.79 Å². The molecular weight excluding hydrogens is 236 g/mol. The van der Waals surface area contributed by atoms with Crippen LogP contribution in [0, 0.1) is 6.92 Å². The summed E-state index contributed by atoms with van der Waals surface area (Å²) in [5, 5.41) is 8.86. The molecule has 0 aliphatic carbocycles. The van der Waals surface area contributed by atoms with Gasteiger partial charge in [0.15, 0.2) is 0 Å². The smallest absolute Gasteiger partial charge is 0.343 e. The van der Waals surface area contributed by atoms with E-state index >= 15 is 0 Å². The first-order valence-corrected chi connectivity index (χ1v) is 6.02. The summed E-state index contributed by atoms with van der Waals surface area (Å²) in [6, 6.07) is 0. The summed E-state index contributed by atoms with van der Waals surface area (Å²) < 4.78 is 5.48. The molecule has 0 radical (unpaired) electrons. The van der Waals surface area contributed by atoms with Crippen molar-refractivity contribution in [1.82, 2.24) is 9.97 Å². The van der Waals surface area contributed by atoms with E-state index in [9.17, 15) is 9.59 Å². The number of ether oxygens (including phenoxy) is 1. The van der Waals surface area contributed by atoms with Gasteiger partial charge in [0.2, 0.25) is 0 Å². The molecule has 1 saturated heterocycles. The van der Waals surface area contributed by atoms with Gasteiger partial charge in [0.25, 0.3) is 5.56 Å². The summed E-state index contributed by atoms with van der Waals surface area (Å²) in [6.07, 6.45) is 3.74. The number of rotatable bonds is 4. The molecule has 1 atom stereocenters. The highest BCUT2D eigenvalue weighted by atomic mass is 16.5. The Morgan fingerprint density at radius 2 is 2.39 bits per heavy atom. The Hall–Kier alpha value is -1.69. The zero-order chi connectivity index (χ0) is 13.1. The SMILES string of the molecule is Cc1nc(CCC2CCCO2)[nH]c(=O)c1C(=O)O. The van der Waals surface area contributed by atoms with Gasteiger partial charge in [-0.25, -0.2) is 9.78 Å². The van der Waals surface area contributed by atoms with Crippen molar-refractivity contribution < 1.29 is 14.6 Å². The normalized spacial score (nSPS) is 19.1. The van der Waals surface area contributed by atoms with E-state index in [2.05, 4.69) is 9.97 Å². The van der Waals surface area contributed by atoms with Crippen molar-refractivity contribution >= 4 is 5.97 Å². The third-order valence-corrected chi connectivity index (χ3v) is 3.09. The molecule has 0 saturated carbocycles. The molecule has 1 aliphatic heterocycles. The molecule has 18 heavy (non-hydrogen) atoms. The summed E-state index contributed by atoms with van der Waals surface area (Å²) in [7, 11) is 0. The quantitative estimate of drug-likeness (QED) is 0.830. The lowest BCUT2D eigenvalue weighted by Gasteiger charge is -2.09. The van der Waals surface area contributed by atoms with Crippen molar-refractivity contribution in [3.05, 3.63) is 27.4 Å². The fourth-order valence-corrected chi connectivity index (χ4v) is 2.18. The minimum Gasteiger partial charge on any atom is -0.477 e. The van der Waals surface area contributed by atoms with Crippen molar-refractivity contribution in [1.29, 1.82) is 0 Å². The van der Waals surface area contributed by atoms with Crippen LogP contribution >= 0.6 is 0 Å². The lowest BCUT2D eigenvalue weighted by Crippen LogP contribution is -2.23. The van der Waals surface area contributed by atoms with Crippen molar-refractivity contribution in [3.63, 3.8) is 0 Å². The molecule has 2 rings (SSSR count). The maximum atomic E-state index is 11.6. The zero-order valence-electron chi connectivity index (χ0n) is 10.2. The van der Waals surface area contributed by atoms with E-state index in [0.29, 0.717) is 12.2 Å². The summed E-state index contributed by atoms with van der Waals surface area (Å²) in [5.41, 5.74) is -0.609. The number of H-pyrrole nitrogens is 1. The van der Waals surface area contributed by atoms with Crippen LogP contribution in [0.1, 0.15) is 41.1 Å². The second-order valence-electron chi connectivity index (χ2n) is 4.45. The Kier molecular flexibility index (Phi) is 3.76. The van der Waals surface area contributed by atoms with Crippen LogP contribution in [0.3, 0.4) is 0 Å². The summed E-state index contributed by atoms with van der Waals surface area (Å²) >= 11 is 0. The van der Waals surface area contributed by atoms with Gasteiger partial charge in [0.05, 0.1) is 11.8 Å². The van der Waals surface area contributed by atoms with Crippen LogP contribution < -0.4 is 5.56 Å². The molecule has 1 aromatic rings. The Labute approximate surface area is 104 Å². The Morgan fingerprint density at radius 3 is 2.94 bits per heavy atom. The number of carboxylic acid groups (broad SMARTS) is 1. The monoisotopic (exact) mass is 252 g/mol. The predicted octanol–water partition coefficient (Wildman–Crippen LogP) is 0.888. The zero-order valence-corrected chi connectivity index (χ0v) is 10.2. The number of carboxylic acids is 1. The standard InChI is InChI=1S/C12H16N2O4/c1-7-10(12(16)17)11(15)14-9(13-7)5-4-8-3-2-6-18-8/h8H,2-6H2,1H3,(H,16,17)(H,13,14,15). The highest BCUT2D eigenvalue weighted by Gasteiger charge is 2.18. The van der Waals surface area contributed by atoms with E-state index < -0.39 is 11.5 Å². The Balaban J connectivity index is 2.10. The second kappa shape index (κ2) is 5.30. The van der Waals surface area contributed by atoms with Crippen molar-refractivity contribution in [3.8, 4) is 0 Å². The van der Waals surface area contributed by atoms with E-state index in [4.69, 9.17) is 9.84 Å². The van der Waals surface area contributed by atoms with Crippen molar-refractivity contribution in [2.75, 3.05) is 6.61 Å². The van der Waals surface area contributed by atoms with Gasteiger partial charge in [-0.15, -0.1) is 0 Å². The molecular formula is C12H16N2O4. The topological polar surface area (TPSA) is 92.3 Å². The largest absolute Gasteiger partial charge is 0.477 e. The average molecular weight is 252 g/mol. The molecule has 0 bridgehead atoms. The lowest BCUT2D eigenvalue weighted by atomic mass is 10.1. The molecule has 0 spiro atoms. The maximum absolute atomic E-state index is 11.6. The lowest BCUT2D eigenvalue weighted by molar-refractivity contribution is 0.0693. The molecule has 2 N–H and O–H groups in total. The molecule has 98 valence electrons. The highest BCUT2D eigenvalue weighted by Crippen LogP contribution is 2.16. The molecule has 2 heterocycles. The third-order valence-electron chi connectivity index (χ3n) is 3.09. The fraction of sp³-hybridized carbons (Fsp3) is 0.583. The van der Waals surface area contributed by atoms with Gasteiger partial charge in [0, 0.05) is 13.0 Å². The van der Waals surface area contributed by atoms with Crippen LogP contribution in [0.5, 0.6) is 0 Å². The van der Waals surface area contributed by atoms with E-state index in [-0.39, 0.29) is 17.4 Å². The number of aromatic amines is 1. The minimum absolute atomic E-state index is 0.231. The number of hydrogen-bond acceptors (Lipinski definition) is 4. The molecule has 1 unspecified atom stereocenters. The summed E-state index contributed by atoms with van der Waals surface area (Å²) in [4.78, 5) is 29.1. The van der Waals surface area contributed by atoms with E-state index in [0.717, 1.165) is 25.9 Å². The second-order valence-corrected chi connectivity index (χ2v) is 4.45. The number of aromatic carboxylic acids is 1. The molecule has 1 aliphatic rings. The molecule has 6 nitrogen and oxygen atoms in total. The number of nitrogens with one attached hydrogen (secondary N) is 1. The molecule has 0 amide bonds. The minimum atomic E-state index is -1.24. The molecule has 6 heteroatoms. The van der Waals surface area contributed by atoms with Gasteiger partial charge in [-0.1, -0.05) is 0 Å². The first-order chi connectivity index (χ1) is 8.58. The van der Waals surface area contributed by atoms with Crippen molar-refractivity contribution in [2.45, 2.75) is 38.7 Å². The Bertz CT molecular complexity index is 503. The fourth-order valence-electron chi connectivity index (χ4n) is 2.18. The summed E-state index contributed by atoms with van der Waals surface area (Å²) in [6.45, 7) is 2.33. The summed E-state index contributed by atoms with van der Waals surface area (Å²) in [5.74, 6) is -0.718. The van der Waals surface area contributed by atoms with Gasteiger partial charge in [-0.05, 0) is 26.2 Å². The van der Waals surface area contributed by atoms with Crippen LogP contribution in [-0.4, -0.2) is 33.8 Å². The number of aromatic nitrogens is 2. The van der Waals surface area contributed by atoms with E-state index in [1.54, 1.807) is 0 Å². The molecule has 0 aromatic carbocycles. The number of aryl methyl sites for hydroxylation is 2. The Morgan fingerprint density at radius 1 is 1.61 bits per heavy atom. The van der Waals surface area contributed by atoms with Crippen molar-refractivity contribution in [2.24, 2.45) is 0 Å². The molecule has 1 fully saturated rings.